The molecule has 0 amide bonds. The number of hydrogen-bond acceptors (Lipinski definition) is 1. The first kappa shape index (κ1) is 13.0. The molecule has 0 spiro atoms. The van der Waals surface area contributed by atoms with Crippen LogP contribution in [-0.4, -0.2) is 6.04 Å². The van der Waals surface area contributed by atoms with E-state index in [0.717, 1.165) is 11.8 Å². The average molecular weight is 211 g/mol. The summed E-state index contributed by atoms with van der Waals surface area (Å²) in [5, 5.41) is 0. The predicted molar refractivity (Wildman–Crippen MR) is 67.9 cm³/mol. The zero-order valence-corrected chi connectivity index (χ0v) is 10.7. The van der Waals surface area contributed by atoms with E-state index in [-0.39, 0.29) is 0 Å². The minimum atomic E-state index is 0.452. The Morgan fingerprint density at radius 3 is 2.27 bits per heavy atom. The number of rotatable bonds is 5. The Morgan fingerprint density at radius 1 is 1.13 bits per heavy atom. The van der Waals surface area contributed by atoms with Gasteiger partial charge < -0.3 is 5.73 Å². The van der Waals surface area contributed by atoms with Crippen molar-refractivity contribution >= 4 is 0 Å². The van der Waals surface area contributed by atoms with Crippen molar-refractivity contribution in [3.63, 3.8) is 0 Å². The Bertz CT molecular complexity index is 147. The molecule has 0 saturated heterocycles. The van der Waals surface area contributed by atoms with Crippen LogP contribution in [0.15, 0.2) is 0 Å². The highest BCUT2D eigenvalue weighted by Gasteiger charge is 2.19. The van der Waals surface area contributed by atoms with Crippen LogP contribution in [0.3, 0.4) is 0 Å². The molecule has 0 heterocycles. The Labute approximate surface area is 95.8 Å². The van der Waals surface area contributed by atoms with E-state index in [4.69, 9.17) is 5.73 Å². The third-order valence-corrected chi connectivity index (χ3v) is 4.06. The van der Waals surface area contributed by atoms with Crippen LogP contribution in [-0.2, 0) is 0 Å². The fraction of sp³-hybridized carbons (Fsp3) is 1.00. The first-order valence-corrected chi connectivity index (χ1v) is 6.99. The van der Waals surface area contributed by atoms with Gasteiger partial charge in [-0.1, -0.05) is 58.8 Å². The van der Waals surface area contributed by atoms with Gasteiger partial charge >= 0.3 is 0 Å². The number of nitrogens with two attached hydrogens (primary N) is 1. The van der Waals surface area contributed by atoms with Gasteiger partial charge in [-0.15, -0.1) is 0 Å². The molecule has 1 rings (SSSR count). The van der Waals surface area contributed by atoms with Crippen LogP contribution in [0.2, 0.25) is 0 Å². The van der Waals surface area contributed by atoms with Gasteiger partial charge in [0.15, 0.2) is 0 Å². The molecule has 1 nitrogen and oxygen atoms in total. The van der Waals surface area contributed by atoms with E-state index in [1.807, 2.05) is 0 Å². The summed E-state index contributed by atoms with van der Waals surface area (Å²) < 4.78 is 0. The summed E-state index contributed by atoms with van der Waals surface area (Å²) in [7, 11) is 0. The molecule has 0 radical (unpaired) electrons. The lowest BCUT2D eigenvalue weighted by Gasteiger charge is -2.24. The second-order valence-electron chi connectivity index (χ2n) is 5.52. The summed E-state index contributed by atoms with van der Waals surface area (Å²) >= 11 is 0. The van der Waals surface area contributed by atoms with Crippen LogP contribution < -0.4 is 5.73 Å². The summed E-state index contributed by atoms with van der Waals surface area (Å²) in [6.45, 7) is 4.58. The SMILES string of the molecule is CCCC(C)C(N)CC1CCCCCC1. The van der Waals surface area contributed by atoms with Gasteiger partial charge in [-0.05, 0) is 24.7 Å². The lowest BCUT2D eigenvalue weighted by Crippen LogP contribution is -2.30. The molecule has 1 heteroatoms. The van der Waals surface area contributed by atoms with Crippen LogP contribution >= 0.6 is 0 Å². The highest BCUT2D eigenvalue weighted by Crippen LogP contribution is 2.28. The van der Waals surface area contributed by atoms with Crippen LogP contribution in [0, 0.1) is 11.8 Å². The summed E-state index contributed by atoms with van der Waals surface area (Å²) in [6, 6.07) is 0.452. The molecule has 1 fully saturated rings. The van der Waals surface area contributed by atoms with Crippen LogP contribution in [0.4, 0.5) is 0 Å². The topological polar surface area (TPSA) is 26.0 Å². The van der Waals surface area contributed by atoms with Gasteiger partial charge in [0.05, 0.1) is 0 Å². The van der Waals surface area contributed by atoms with E-state index in [1.165, 1.54) is 57.8 Å². The molecule has 2 atom stereocenters. The third kappa shape index (κ3) is 5.01. The molecule has 2 N–H and O–H groups in total. The van der Waals surface area contributed by atoms with Gasteiger partial charge in [0, 0.05) is 6.04 Å². The standard InChI is InChI=1S/C14H29N/c1-3-8-12(2)14(15)11-13-9-6-4-5-7-10-13/h12-14H,3-11,15H2,1-2H3. The maximum Gasteiger partial charge on any atom is 0.00671 e. The molecule has 15 heavy (non-hydrogen) atoms. The fourth-order valence-corrected chi connectivity index (χ4v) is 2.89. The molecule has 0 aliphatic heterocycles. The minimum Gasteiger partial charge on any atom is -0.327 e. The number of hydrogen-bond donors (Lipinski definition) is 1. The highest BCUT2D eigenvalue weighted by atomic mass is 14.6. The zero-order valence-electron chi connectivity index (χ0n) is 10.7. The zero-order chi connectivity index (χ0) is 11.1. The van der Waals surface area contributed by atoms with Crippen molar-refractivity contribution in [2.24, 2.45) is 17.6 Å². The van der Waals surface area contributed by atoms with Gasteiger partial charge in [-0.25, -0.2) is 0 Å². The average Bonchev–Trinajstić information content (AvgIpc) is 2.46. The molecule has 2 unspecified atom stereocenters. The third-order valence-electron chi connectivity index (χ3n) is 4.06. The highest BCUT2D eigenvalue weighted by molar-refractivity contribution is 4.75. The van der Waals surface area contributed by atoms with Crippen molar-refractivity contribution in [1.29, 1.82) is 0 Å². The van der Waals surface area contributed by atoms with E-state index in [1.54, 1.807) is 0 Å². The van der Waals surface area contributed by atoms with E-state index in [2.05, 4.69) is 13.8 Å². The molecular weight excluding hydrogens is 182 g/mol. The van der Waals surface area contributed by atoms with Crippen LogP contribution in [0.25, 0.3) is 0 Å². The van der Waals surface area contributed by atoms with Gasteiger partial charge in [0.2, 0.25) is 0 Å². The predicted octanol–water partition coefficient (Wildman–Crippen LogP) is 4.11. The lowest BCUT2D eigenvalue weighted by molar-refractivity contribution is 0.320. The van der Waals surface area contributed by atoms with Gasteiger partial charge in [0.1, 0.15) is 0 Å². The summed E-state index contributed by atoms with van der Waals surface area (Å²) in [5.41, 5.74) is 6.29. The monoisotopic (exact) mass is 211 g/mol. The van der Waals surface area contributed by atoms with Crippen molar-refractivity contribution < 1.29 is 0 Å². The molecular formula is C14H29N. The van der Waals surface area contributed by atoms with Gasteiger partial charge in [-0.2, -0.15) is 0 Å². The first-order chi connectivity index (χ1) is 7.24. The first-order valence-electron chi connectivity index (χ1n) is 6.99. The molecule has 0 bridgehead atoms. The van der Waals surface area contributed by atoms with Crippen LogP contribution in [0.5, 0.6) is 0 Å². The van der Waals surface area contributed by atoms with Gasteiger partial charge in [0.25, 0.3) is 0 Å². The minimum absolute atomic E-state index is 0.452. The smallest absolute Gasteiger partial charge is 0.00671 e. The molecule has 0 aromatic heterocycles. The summed E-state index contributed by atoms with van der Waals surface area (Å²) in [6.07, 6.45) is 12.5. The second-order valence-corrected chi connectivity index (χ2v) is 5.52. The maximum atomic E-state index is 6.29. The van der Waals surface area contributed by atoms with E-state index in [9.17, 15) is 0 Å². The van der Waals surface area contributed by atoms with Crippen LogP contribution in [0.1, 0.15) is 71.6 Å². The normalized spacial score (nSPS) is 23.4. The van der Waals surface area contributed by atoms with E-state index < -0.39 is 0 Å². The van der Waals surface area contributed by atoms with Crippen molar-refractivity contribution in [1.82, 2.24) is 0 Å². The van der Waals surface area contributed by atoms with E-state index >= 15 is 0 Å². The fourth-order valence-electron chi connectivity index (χ4n) is 2.89. The molecule has 90 valence electrons. The summed E-state index contributed by atoms with van der Waals surface area (Å²) in [4.78, 5) is 0. The molecule has 1 saturated carbocycles. The van der Waals surface area contributed by atoms with Crippen molar-refractivity contribution in [3.8, 4) is 0 Å². The lowest BCUT2D eigenvalue weighted by atomic mass is 9.86. The van der Waals surface area contributed by atoms with Crippen molar-refractivity contribution in [3.05, 3.63) is 0 Å². The second kappa shape index (κ2) is 7.27. The van der Waals surface area contributed by atoms with E-state index in [0.29, 0.717) is 6.04 Å². The largest absolute Gasteiger partial charge is 0.327 e. The van der Waals surface area contributed by atoms with Crippen molar-refractivity contribution in [2.75, 3.05) is 0 Å². The Hall–Kier alpha value is -0.0400. The Morgan fingerprint density at radius 2 is 1.73 bits per heavy atom. The molecule has 1 aliphatic carbocycles. The Kier molecular flexibility index (Phi) is 6.31. The molecule has 0 aromatic carbocycles. The quantitative estimate of drug-likeness (QED) is 0.680. The molecule has 0 aromatic rings. The molecule has 1 aliphatic rings. The Balaban J connectivity index is 2.25. The maximum absolute atomic E-state index is 6.29. The van der Waals surface area contributed by atoms with Gasteiger partial charge in [-0.3, -0.25) is 0 Å². The van der Waals surface area contributed by atoms with Crippen molar-refractivity contribution in [2.45, 2.75) is 77.7 Å². The summed E-state index contributed by atoms with van der Waals surface area (Å²) in [5.74, 6) is 1.65.